The van der Waals surface area contributed by atoms with Crippen molar-refractivity contribution in [3.8, 4) is 0 Å². The number of carbonyl (C=O) groups is 1. The van der Waals surface area contributed by atoms with E-state index in [1.54, 1.807) is 0 Å². The number of rotatable bonds is 8. The van der Waals surface area contributed by atoms with Gasteiger partial charge in [0.05, 0.1) is 22.3 Å². The molecule has 0 spiro atoms. The van der Waals surface area contributed by atoms with Gasteiger partial charge in [-0.1, -0.05) is 0 Å². The quantitative estimate of drug-likeness (QED) is 0.320. The minimum atomic E-state index is -3.73. The molecule has 2 unspecified atom stereocenters. The molecule has 0 aliphatic rings. The maximum absolute atomic E-state index is 11.4. The first-order valence-corrected chi connectivity index (χ1v) is 6.09. The third kappa shape index (κ3) is 5.63. The molecule has 0 aromatic heterocycles. The monoisotopic (exact) mass is 237 g/mol. The average molecular weight is 237 g/mol. The SMILES string of the molecule is CCN/C=C/C(CC=O)[S+]([O])(=O)O[NH2+]C. The van der Waals surface area contributed by atoms with E-state index in [9.17, 15) is 13.6 Å². The lowest BCUT2D eigenvalue weighted by molar-refractivity contribution is -0.840. The highest BCUT2D eigenvalue weighted by atomic mass is 32.3. The summed E-state index contributed by atoms with van der Waals surface area (Å²) in [5.41, 5.74) is 1.08. The van der Waals surface area contributed by atoms with Crippen LogP contribution in [0, 0.1) is 0 Å². The van der Waals surface area contributed by atoms with Crippen LogP contribution in [0.5, 0.6) is 0 Å². The summed E-state index contributed by atoms with van der Waals surface area (Å²) < 4.78 is 27.3. The number of nitrogens with one attached hydrogen (secondary N) is 1. The number of quaternary nitrogens is 1. The molecule has 0 heterocycles. The van der Waals surface area contributed by atoms with E-state index in [-0.39, 0.29) is 6.42 Å². The summed E-state index contributed by atoms with van der Waals surface area (Å²) in [7, 11) is -2.27. The zero-order valence-corrected chi connectivity index (χ0v) is 9.66. The first kappa shape index (κ1) is 14.2. The largest absolute Gasteiger partial charge is 0.455 e. The van der Waals surface area contributed by atoms with Gasteiger partial charge in [-0.05, 0) is 23.4 Å². The molecule has 0 aliphatic heterocycles. The third-order valence-corrected chi connectivity index (χ3v) is 3.11. The van der Waals surface area contributed by atoms with E-state index in [1.165, 1.54) is 19.3 Å². The van der Waals surface area contributed by atoms with Crippen molar-refractivity contribution in [1.29, 1.82) is 0 Å². The lowest BCUT2D eigenvalue weighted by Gasteiger charge is -2.03. The molecule has 0 bridgehead atoms. The molecule has 0 aromatic rings. The van der Waals surface area contributed by atoms with Gasteiger partial charge in [-0.2, -0.15) is 5.48 Å². The molecule has 0 fully saturated rings. The van der Waals surface area contributed by atoms with Gasteiger partial charge in [0.25, 0.3) is 0 Å². The van der Waals surface area contributed by atoms with Crippen LogP contribution >= 0.6 is 0 Å². The van der Waals surface area contributed by atoms with Gasteiger partial charge in [0.2, 0.25) is 5.25 Å². The number of hydrogen-bond acceptors (Lipinski definition) is 4. The lowest BCUT2D eigenvalue weighted by Crippen LogP contribution is -2.80. The topological polar surface area (TPSA) is 91.9 Å². The van der Waals surface area contributed by atoms with E-state index < -0.39 is 15.7 Å². The number of hydrogen-bond donors (Lipinski definition) is 2. The van der Waals surface area contributed by atoms with Gasteiger partial charge in [0.15, 0.2) is 0 Å². The molecule has 0 aromatic carbocycles. The average Bonchev–Trinajstić information content (AvgIpc) is 2.16. The lowest BCUT2D eigenvalue weighted by atomic mass is 10.3. The van der Waals surface area contributed by atoms with Crippen LogP contribution in [0.3, 0.4) is 0 Å². The summed E-state index contributed by atoms with van der Waals surface area (Å²) in [4.78, 5) is 10.3. The Kier molecular flexibility index (Phi) is 7.14. The molecule has 0 rings (SSSR count). The summed E-state index contributed by atoms with van der Waals surface area (Å²) in [5.74, 6) is 0. The van der Waals surface area contributed by atoms with E-state index in [4.69, 9.17) is 0 Å². The second-order valence-corrected chi connectivity index (χ2v) is 4.47. The molecule has 0 saturated heterocycles. The Bertz CT molecular complexity index is 257. The molecule has 87 valence electrons. The van der Waals surface area contributed by atoms with Gasteiger partial charge in [-0.15, -0.1) is 0 Å². The molecule has 1 radical (unpaired) electrons. The molecule has 15 heavy (non-hydrogen) atoms. The summed E-state index contributed by atoms with van der Waals surface area (Å²) in [5, 5.41) is 1.89. The zero-order valence-electron chi connectivity index (χ0n) is 8.84. The van der Waals surface area contributed by atoms with Crippen LogP contribution in [0.2, 0.25) is 0 Å². The summed E-state index contributed by atoms with van der Waals surface area (Å²) >= 11 is 0. The van der Waals surface area contributed by atoms with Crippen LogP contribution in [0.1, 0.15) is 13.3 Å². The smallest absolute Gasteiger partial charge is 0.391 e. The van der Waals surface area contributed by atoms with Crippen LogP contribution in [-0.4, -0.2) is 25.1 Å². The molecular formula is C8H17N2O4S+2. The fourth-order valence-corrected chi connectivity index (χ4v) is 1.88. The first-order valence-electron chi connectivity index (χ1n) is 4.62. The third-order valence-electron chi connectivity index (χ3n) is 1.56. The zero-order chi connectivity index (χ0) is 11.7. The minimum Gasteiger partial charge on any atom is -0.391 e. The summed E-state index contributed by atoms with van der Waals surface area (Å²) in [6.45, 7) is 2.56. The molecule has 3 N–H and O–H groups in total. The van der Waals surface area contributed by atoms with Crippen molar-refractivity contribution in [3.63, 3.8) is 0 Å². The number of hydroxylamine groups is 1. The molecule has 7 heteroatoms. The molecule has 6 nitrogen and oxygen atoms in total. The maximum atomic E-state index is 11.4. The Labute approximate surface area is 90.5 Å². The highest BCUT2D eigenvalue weighted by Gasteiger charge is 2.43. The normalized spacial score (nSPS) is 17.3. The fraction of sp³-hybridized carbons (Fsp3) is 0.625. The predicted molar refractivity (Wildman–Crippen MR) is 55.0 cm³/mol. The van der Waals surface area contributed by atoms with Crippen molar-refractivity contribution in [2.75, 3.05) is 13.6 Å². The van der Waals surface area contributed by atoms with Gasteiger partial charge in [-0.25, -0.2) is 0 Å². The standard InChI is InChI=1S/C8H16N2O4S/c1-3-10-6-4-8(5-7-11)15(12,13)14-9-2/h4,6-10H,3,5H2,1-2H3/q+1/p+1/b6-4+. The van der Waals surface area contributed by atoms with Crippen molar-refractivity contribution in [2.45, 2.75) is 18.6 Å². The highest BCUT2D eigenvalue weighted by molar-refractivity contribution is 7.93. The number of nitrogens with two attached hydrogens (primary N) is 1. The van der Waals surface area contributed by atoms with Crippen LogP contribution < -0.4 is 10.8 Å². The second-order valence-electron chi connectivity index (χ2n) is 2.68. The Hall–Kier alpha value is -0.760. The number of carbonyl (C=O) groups excluding carboxylic acids is 1. The Morgan fingerprint density at radius 1 is 1.60 bits per heavy atom. The fourth-order valence-electron chi connectivity index (χ4n) is 0.886. The van der Waals surface area contributed by atoms with E-state index in [0.717, 1.165) is 5.48 Å². The Balaban J connectivity index is 4.49. The molecule has 0 saturated carbocycles. The summed E-state index contributed by atoms with van der Waals surface area (Å²) in [6.07, 6.45) is 3.34. The van der Waals surface area contributed by atoms with Gasteiger partial charge in [0.1, 0.15) is 6.29 Å². The Morgan fingerprint density at radius 3 is 2.73 bits per heavy atom. The van der Waals surface area contributed by atoms with E-state index >= 15 is 0 Å². The predicted octanol–water partition coefficient (Wildman–Crippen LogP) is -1.05. The first-order chi connectivity index (χ1) is 7.08. The molecule has 2 atom stereocenters. The van der Waals surface area contributed by atoms with Crippen molar-refractivity contribution in [1.82, 2.24) is 5.32 Å². The van der Waals surface area contributed by atoms with Crippen molar-refractivity contribution < 1.29 is 23.3 Å². The van der Waals surface area contributed by atoms with Crippen LogP contribution in [0.15, 0.2) is 12.3 Å². The summed E-state index contributed by atoms with van der Waals surface area (Å²) in [6, 6.07) is 0. The highest BCUT2D eigenvalue weighted by Crippen LogP contribution is 2.13. The number of aldehydes is 1. The molecular weight excluding hydrogens is 220 g/mol. The van der Waals surface area contributed by atoms with Gasteiger partial charge < -0.3 is 10.1 Å². The molecule has 0 aliphatic carbocycles. The van der Waals surface area contributed by atoms with Crippen molar-refractivity contribution in [3.05, 3.63) is 12.3 Å². The van der Waals surface area contributed by atoms with Crippen LogP contribution in [0.4, 0.5) is 0 Å². The second kappa shape index (κ2) is 7.52. The van der Waals surface area contributed by atoms with E-state index in [2.05, 4.69) is 9.60 Å². The molecule has 0 amide bonds. The Morgan fingerprint density at radius 2 is 2.27 bits per heavy atom. The minimum absolute atomic E-state index is 0.113. The van der Waals surface area contributed by atoms with Gasteiger partial charge in [0, 0.05) is 6.54 Å². The van der Waals surface area contributed by atoms with Crippen molar-refractivity contribution in [2.24, 2.45) is 0 Å². The van der Waals surface area contributed by atoms with E-state index in [1.807, 2.05) is 6.92 Å². The van der Waals surface area contributed by atoms with Gasteiger partial charge in [-0.3, -0.25) is 0 Å². The van der Waals surface area contributed by atoms with Crippen LogP contribution in [0.25, 0.3) is 0 Å². The maximum Gasteiger partial charge on any atom is 0.455 e. The van der Waals surface area contributed by atoms with E-state index in [0.29, 0.717) is 12.8 Å². The van der Waals surface area contributed by atoms with Crippen molar-refractivity contribution >= 4 is 16.8 Å². The van der Waals surface area contributed by atoms with Gasteiger partial charge >= 0.3 is 10.5 Å². The van der Waals surface area contributed by atoms with Crippen LogP contribution in [-0.2, 0) is 28.3 Å².